The highest BCUT2D eigenvalue weighted by Crippen LogP contribution is 2.36. The van der Waals surface area contributed by atoms with Gasteiger partial charge < -0.3 is 14.6 Å². The maximum atomic E-state index is 12.9. The summed E-state index contributed by atoms with van der Waals surface area (Å²) >= 11 is 0. The molecule has 2 rings (SSSR count). The quantitative estimate of drug-likeness (QED) is 0.791. The molecule has 0 saturated carbocycles. The van der Waals surface area contributed by atoms with Crippen molar-refractivity contribution in [2.75, 3.05) is 11.9 Å². The standard InChI is InChI=1S/C15H12F6N2O3/c1-7-12(8(2)26-23-7)13(24)22-10-5-9(15(19,20)21)3-4-11(10)25-6-14(16,17)18/h3-5H,6H2,1-2H3,(H,22,24). The smallest absolute Gasteiger partial charge is 0.422 e. The third-order valence-electron chi connectivity index (χ3n) is 3.21. The molecule has 0 fully saturated rings. The number of nitrogens with one attached hydrogen (secondary N) is 1. The highest BCUT2D eigenvalue weighted by Gasteiger charge is 2.33. The Morgan fingerprint density at radius 3 is 2.35 bits per heavy atom. The van der Waals surface area contributed by atoms with Crippen LogP contribution in [0.2, 0.25) is 0 Å². The van der Waals surface area contributed by atoms with Gasteiger partial charge in [0.2, 0.25) is 0 Å². The molecule has 0 spiro atoms. The first-order valence-corrected chi connectivity index (χ1v) is 7.03. The SMILES string of the molecule is Cc1noc(C)c1C(=O)Nc1cc(C(F)(F)F)ccc1OCC(F)(F)F. The van der Waals surface area contributed by atoms with Gasteiger partial charge in [-0.05, 0) is 32.0 Å². The normalized spacial score (nSPS) is 12.2. The Hall–Kier alpha value is -2.72. The van der Waals surface area contributed by atoms with E-state index in [-0.39, 0.29) is 17.0 Å². The Bertz CT molecular complexity index is 791. The lowest BCUT2D eigenvalue weighted by Gasteiger charge is -2.16. The van der Waals surface area contributed by atoms with E-state index in [0.717, 1.165) is 0 Å². The van der Waals surface area contributed by atoms with Crippen LogP contribution in [-0.2, 0) is 6.18 Å². The Kier molecular flexibility index (Phi) is 5.19. The molecule has 1 amide bonds. The second-order valence-corrected chi connectivity index (χ2v) is 5.27. The van der Waals surface area contributed by atoms with E-state index in [1.54, 1.807) is 0 Å². The van der Waals surface area contributed by atoms with Gasteiger partial charge >= 0.3 is 12.4 Å². The van der Waals surface area contributed by atoms with Crippen molar-refractivity contribution in [2.45, 2.75) is 26.2 Å². The number of ether oxygens (including phenoxy) is 1. The van der Waals surface area contributed by atoms with Crippen LogP contribution in [0.25, 0.3) is 0 Å². The number of carbonyl (C=O) groups excluding carboxylic acids is 1. The third kappa shape index (κ3) is 4.67. The van der Waals surface area contributed by atoms with Crippen LogP contribution in [0, 0.1) is 13.8 Å². The van der Waals surface area contributed by atoms with Gasteiger partial charge in [-0.2, -0.15) is 26.3 Å². The first-order valence-electron chi connectivity index (χ1n) is 7.03. The minimum atomic E-state index is -4.76. The number of rotatable bonds is 4. The zero-order chi connectivity index (χ0) is 19.7. The number of aromatic nitrogens is 1. The molecule has 11 heteroatoms. The summed E-state index contributed by atoms with van der Waals surface area (Å²) in [6.07, 6.45) is -9.46. The summed E-state index contributed by atoms with van der Waals surface area (Å²) in [7, 11) is 0. The van der Waals surface area contributed by atoms with Crippen molar-refractivity contribution in [3.8, 4) is 5.75 Å². The van der Waals surface area contributed by atoms with Crippen molar-refractivity contribution in [1.29, 1.82) is 0 Å². The monoisotopic (exact) mass is 382 g/mol. The molecule has 0 aliphatic carbocycles. The van der Waals surface area contributed by atoms with Crippen LogP contribution in [-0.4, -0.2) is 23.8 Å². The van der Waals surface area contributed by atoms with E-state index in [0.29, 0.717) is 18.2 Å². The van der Waals surface area contributed by atoms with Crippen LogP contribution in [0.4, 0.5) is 32.0 Å². The fourth-order valence-corrected chi connectivity index (χ4v) is 2.08. The fraction of sp³-hybridized carbons (Fsp3) is 0.333. The summed E-state index contributed by atoms with van der Waals surface area (Å²) in [5, 5.41) is 5.64. The minimum absolute atomic E-state index is 0.0378. The van der Waals surface area contributed by atoms with E-state index in [1.807, 2.05) is 0 Å². The average Bonchev–Trinajstić information content (AvgIpc) is 2.83. The van der Waals surface area contributed by atoms with Crippen molar-refractivity contribution in [1.82, 2.24) is 5.16 Å². The lowest BCUT2D eigenvalue weighted by atomic mass is 10.1. The molecule has 0 bridgehead atoms. The van der Waals surface area contributed by atoms with Crippen LogP contribution in [0.15, 0.2) is 22.7 Å². The Balaban J connectivity index is 2.37. The molecule has 0 unspecified atom stereocenters. The first-order chi connectivity index (χ1) is 11.9. The summed E-state index contributed by atoms with van der Waals surface area (Å²) in [5.74, 6) is -1.35. The summed E-state index contributed by atoms with van der Waals surface area (Å²) < 4.78 is 84.8. The molecule has 0 radical (unpaired) electrons. The molecule has 5 nitrogen and oxygen atoms in total. The zero-order valence-electron chi connectivity index (χ0n) is 13.4. The zero-order valence-corrected chi connectivity index (χ0v) is 13.4. The van der Waals surface area contributed by atoms with Crippen molar-refractivity contribution in [2.24, 2.45) is 0 Å². The van der Waals surface area contributed by atoms with Gasteiger partial charge in [-0.25, -0.2) is 0 Å². The van der Waals surface area contributed by atoms with Crippen molar-refractivity contribution in [3.63, 3.8) is 0 Å². The van der Waals surface area contributed by atoms with Crippen molar-refractivity contribution >= 4 is 11.6 Å². The molecule has 142 valence electrons. The lowest BCUT2D eigenvalue weighted by molar-refractivity contribution is -0.153. The van der Waals surface area contributed by atoms with E-state index >= 15 is 0 Å². The average molecular weight is 382 g/mol. The fourth-order valence-electron chi connectivity index (χ4n) is 2.08. The van der Waals surface area contributed by atoms with Crippen molar-refractivity contribution < 1.29 is 40.4 Å². The number of halogens is 6. The Morgan fingerprint density at radius 2 is 1.85 bits per heavy atom. The predicted octanol–water partition coefficient (Wildman–Crippen LogP) is 4.50. The van der Waals surface area contributed by atoms with E-state index in [4.69, 9.17) is 4.52 Å². The molecule has 1 N–H and O–H groups in total. The third-order valence-corrected chi connectivity index (χ3v) is 3.21. The maximum Gasteiger partial charge on any atom is 0.422 e. The molecule has 0 saturated heterocycles. The largest absolute Gasteiger partial charge is 0.482 e. The van der Waals surface area contributed by atoms with Crippen LogP contribution in [0.5, 0.6) is 5.75 Å². The Morgan fingerprint density at radius 1 is 1.19 bits per heavy atom. The van der Waals surface area contributed by atoms with Gasteiger partial charge in [-0.15, -0.1) is 0 Å². The van der Waals surface area contributed by atoms with Crippen LogP contribution >= 0.6 is 0 Å². The number of hydrogen-bond acceptors (Lipinski definition) is 4. The molecule has 0 atom stereocenters. The van der Waals surface area contributed by atoms with Crippen LogP contribution in [0.1, 0.15) is 27.4 Å². The summed E-state index contributed by atoms with van der Waals surface area (Å²) in [6.45, 7) is 1.10. The molecular weight excluding hydrogens is 370 g/mol. The summed E-state index contributed by atoms with van der Waals surface area (Å²) in [6, 6.07) is 1.75. The topological polar surface area (TPSA) is 64.4 Å². The number of amides is 1. The molecule has 1 aromatic heterocycles. The second-order valence-electron chi connectivity index (χ2n) is 5.27. The van der Waals surface area contributed by atoms with Gasteiger partial charge in [-0.3, -0.25) is 4.79 Å². The molecular formula is C15H12F6N2O3. The van der Waals surface area contributed by atoms with Gasteiger partial charge in [0.15, 0.2) is 6.61 Å². The van der Waals surface area contributed by atoms with E-state index in [2.05, 4.69) is 15.2 Å². The maximum absolute atomic E-state index is 12.9. The number of aryl methyl sites for hydroxylation is 2. The highest BCUT2D eigenvalue weighted by molar-refractivity contribution is 6.06. The summed E-state index contributed by atoms with van der Waals surface area (Å²) in [4.78, 5) is 12.3. The van der Waals surface area contributed by atoms with E-state index in [9.17, 15) is 31.1 Å². The minimum Gasteiger partial charge on any atom is -0.482 e. The number of benzene rings is 1. The molecule has 2 aromatic rings. The number of hydrogen-bond donors (Lipinski definition) is 1. The van der Waals surface area contributed by atoms with E-state index < -0.39 is 41.9 Å². The van der Waals surface area contributed by atoms with Gasteiger partial charge in [0.1, 0.15) is 17.1 Å². The van der Waals surface area contributed by atoms with Gasteiger partial charge in [0.05, 0.1) is 16.9 Å². The lowest BCUT2D eigenvalue weighted by Crippen LogP contribution is -2.21. The number of alkyl halides is 6. The molecule has 0 aliphatic heterocycles. The molecule has 26 heavy (non-hydrogen) atoms. The molecule has 1 aromatic carbocycles. The van der Waals surface area contributed by atoms with Crippen LogP contribution < -0.4 is 10.1 Å². The van der Waals surface area contributed by atoms with Crippen molar-refractivity contribution in [3.05, 3.63) is 40.8 Å². The second kappa shape index (κ2) is 6.89. The number of anilines is 1. The number of carbonyl (C=O) groups is 1. The Labute approximate surface area is 142 Å². The number of nitrogens with zero attached hydrogens (tertiary/aromatic N) is 1. The van der Waals surface area contributed by atoms with E-state index in [1.165, 1.54) is 13.8 Å². The molecule has 0 aliphatic rings. The van der Waals surface area contributed by atoms with Gasteiger partial charge in [0, 0.05) is 0 Å². The summed E-state index contributed by atoms with van der Waals surface area (Å²) in [5.41, 5.74) is -1.59. The molecule has 1 heterocycles. The van der Waals surface area contributed by atoms with Crippen LogP contribution in [0.3, 0.4) is 0 Å². The first kappa shape index (κ1) is 19.6. The van der Waals surface area contributed by atoms with Gasteiger partial charge in [-0.1, -0.05) is 5.16 Å². The van der Waals surface area contributed by atoms with Gasteiger partial charge in [0.25, 0.3) is 5.91 Å². The highest BCUT2D eigenvalue weighted by atomic mass is 19.4. The predicted molar refractivity (Wildman–Crippen MR) is 76.9 cm³/mol.